The molecule has 0 aromatic rings. The van der Waals surface area contributed by atoms with Crippen molar-refractivity contribution in [3.05, 3.63) is 36.5 Å². The zero-order valence-corrected chi connectivity index (χ0v) is 42.1. The topological polar surface area (TPSA) is 95.9 Å². The van der Waals surface area contributed by atoms with Crippen molar-refractivity contribution in [1.82, 2.24) is 5.32 Å². The van der Waals surface area contributed by atoms with Gasteiger partial charge < -0.3 is 20.3 Å². The Morgan fingerprint density at radius 3 is 1.24 bits per heavy atom. The number of carbonyl (C=O) groups excluding carboxylic acids is 2. The molecule has 0 aliphatic carbocycles. The molecule has 3 N–H and O–H groups in total. The molecule has 0 rings (SSSR count). The number of ether oxygens (including phenoxy) is 1. The van der Waals surface area contributed by atoms with Gasteiger partial charge in [0.25, 0.3) is 0 Å². The van der Waals surface area contributed by atoms with Crippen LogP contribution in [0.4, 0.5) is 0 Å². The number of aliphatic hydroxyl groups excluding tert-OH is 2. The van der Waals surface area contributed by atoms with Crippen molar-refractivity contribution >= 4 is 11.9 Å². The lowest BCUT2D eigenvalue weighted by molar-refractivity contribution is -0.143. The summed E-state index contributed by atoms with van der Waals surface area (Å²) in [5, 5.41) is 23.1. The van der Waals surface area contributed by atoms with E-state index in [9.17, 15) is 19.8 Å². The number of hydrogen-bond acceptors (Lipinski definition) is 5. The molecule has 2 unspecified atom stereocenters. The summed E-state index contributed by atoms with van der Waals surface area (Å²) in [6.07, 6.45) is 64.3. The van der Waals surface area contributed by atoms with E-state index in [-0.39, 0.29) is 18.5 Å². The quantitative estimate of drug-likeness (QED) is 0.0321. The molecule has 6 heteroatoms. The van der Waals surface area contributed by atoms with Crippen LogP contribution < -0.4 is 5.32 Å². The summed E-state index contributed by atoms with van der Waals surface area (Å²) in [5.74, 6) is -0.0899. The maximum Gasteiger partial charge on any atom is 0.305 e. The highest BCUT2D eigenvalue weighted by atomic mass is 16.5. The SMILES string of the molecule is CCCCC/C=C\C/C=C\CCCCCCCCCC(=O)OCCCCCCCCCCCCCCCCC(=O)NC(CO)C(O)/C=C/CCCCCCCCCCCCCCC. The van der Waals surface area contributed by atoms with Crippen LogP contribution in [0.25, 0.3) is 0 Å². The Morgan fingerprint density at radius 2 is 0.794 bits per heavy atom. The second kappa shape index (κ2) is 52.7. The Bertz CT molecular complexity index is 1020. The molecule has 0 aromatic heterocycles. The summed E-state index contributed by atoms with van der Waals surface area (Å²) in [4.78, 5) is 24.5. The molecule has 0 radical (unpaired) electrons. The average Bonchev–Trinajstić information content (AvgIpc) is 3.28. The molecule has 0 aromatic carbocycles. The van der Waals surface area contributed by atoms with E-state index in [4.69, 9.17) is 4.74 Å². The molecule has 1 amide bonds. The Balaban J connectivity index is 3.47. The molecule has 370 valence electrons. The van der Waals surface area contributed by atoms with Gasteiger partial charge in [0.15, 0.2) is 0 Å². The molecule has 0 bridgehead atoms. The van der Waals surface area contributed by atoms with Gasteiger partial charge >= 0.3 is 5.97 Å². The minimum atomic E-state index is -0.852. The number of carbonyl (C=O) groups is 2. The standard InChI is InChI=1S/C57H107NO5/c1-3-5-7-9-11-13-15-17-19-20-22-27-31-35-39-43-47-51-57(62)63-52-48-44-40-36-32-28-24-23-26-30-34-38-42-46-50-56(61)58-54(53-59)55(60)49-45-41-37-33-29-25-21-18-16-14-12-10-8-6-4-2/h11,13,17,19,45,49,54-55,59-60H,3-10,12,14-16,18,20-44,46-48,50-53H2,1-2H3,(H,58,61)/b13-11-,19-17-,49-45+. The Hall–Kier alpha value is -1.92. The van der Waals surface area contributed by atoms with Gasteiger partial charge in [-0.2, -0.15) is 0 Å². The van der Waals surface area contributed by atoms with E-state index in [0.29, 0.717) is 19.4 Å². The molecular formula is C57H107NO5. The van der Waals surface area contributed by atoms with E-state index in [1.165, 1.54) is 199 Å². The van der Waals surface area contributed by atoms with Gasteiger partial charge in [0.1, 0.15) is 0 Å². The van der Waals surface area contributed by atoms with E-state index >= 15 is 0 Å². The third-order valence-electron chi connectivity index (χ3n) is 12.7. The van der Waals surface area contributed by atoms with Crippen LogP contribution in [0, 0.1) is 0 Å². The first kappa shape index (κ1) is 61.1. The molecule has 6 nitrogen and oxygen atoms in total. The molecule has 63 heavy (non-hydrogen) atoms. The number of allylic oxidation sites excluding steroid dienone is 5. The smallest absolute Gasteiger partial charge is 0.305 e. The highest BCUT2D eigenvalue weighted by molar-refractivity contribution is 5.76. The fourth-order valence-corrected chi connectivity index (χ4v) is 8.37. The largest absolute Gasteiger partial charge is 0.466 e. The minimum Gasteiger partial charge on any atom is -0.466 e. The van der Waals surface area contributed by atoms with Crippen molar-refractivity contribution in [3.8, 4) is 0 Å². The summed E-state index contributed by atoms with van der Waals surface area (Å²) >= 11 is 0. The van der Waals surface area contributed by atoms with Crippen LogP contribution in [0.2, 0.25) is 0 Å². The summed E-state index contributed by atoms with van der Waals surface area (Å²) in [7, 11) is 0. The number of nitrogens with one attached hydrogen (secondary N) is 1. The Kier molecular flexibility index (Phi) is 51.1. The fraction of sp³-hybridized carbons (Fsp3) is 0.860. The highest BCUT2D eigenvalue weighted by Gasteiger charge is 2.18. The zero-order valence-electron chi connectivity index (χ0n) is 42.1. The molecule has 0 aliphatic heterocycles. The normalized spacial score (nSPS) is 12.9. The van der Waals surface area contributed by atoms with Gasteiger partial charge in [0.05, 0.1) is 25.4 Å². The predicted molar refractivity (Wildman–Crippen MR) is 273 cm³/mol. The lowest BCUT2D eigenvalue weighted by Gasteiger charge is -2.20. The number of esters is 1. The van der Waals surface area contributed by atoms with Crippen LogP contribution in [-0.4, -0.2) is 47.4 Å². The van der Waals surface area contributed by atoms with Crippen LogP contribution in [-0.2, 0) is 14.3 Å². The molecule has 0 saturated carbocycles. The van der Waals surface area contributed by atoms with Crippen molar-refractivity contribution < 1.29 is 24.5 Å². The van der Waals surface area contributed by atoms with Gasteiger partial charge in [-0.1, -0.05) is 249 Å². The lowest BCUT2D eigenvalue weighted by Crippen LogP contribution is -2.45. The average molecular weight is 886 g/mol. The van der Waals surface area contributed by atoms with E-state index in [2.05, 4.69) is 43.5 Å². The van der Waals surface area contributed by atoms with Crippen molar-refractivity contribution in [3.63, 3.8) is 0 Å². The second-order valence-electron chi connectivity index (χ2n) is 18.9. The Morgan fingerprint density at radius 1 is 0.444 bits per heavy atom. The van der Waals surface area contributed by atoms with Gasteiger partial charge in [-0.05, 0) is 64.2 Å². The molecular weight excluding hydrogens is 779 g/mol. The second-order valence-corrected chi connectivity index (χ2v) is 18.9. The van der Waals surface area contributed by atoms with Gasteiger partial charge in [-0.15, -0.1) is 0 Å². The van der Waals surface area contributed by atoms with Crippen LogP contribution >= 0.6 is 0 Å². The molecule has 0 aliphatic rings. The molecule has 0 heterocycles. The molecule has 0 fully saturated rings. The first-order chi connectivity index (χ1) is 31.0. The van der Waals surface area contributed by atoms with Crippen molar-refractivity contribution in [2.45, 2.75) is 302 Å². The summed E-state index contributed by atoms with van der Waals surface area (Å²) in [6, 6.07) is -0.636. The summed E-state index contributed by atoms with van der Waals surface area (Å²) in [6.45, 7) is 4.85. The summed E-state index contributed by atoms with van der Waals surface area (Å²) in [5.41, 5.74) is 0. The van der Waals surface area contributed by atoms with Gasteiger partial charge in [0.2, 0.25) is 5.91 Å². The highest BCUT2D eigenvalue weighted by Crippen LogP contribution is 2.16. The third-order valence-corrected chi connectivity index (χ3v) is 12.7. The first-order valence-corrected chi connectivity index (χ1v) is 27.8. The van der Waals surface area contributed by atoms with E-state index in [0.717, 1.165) is 64.2 Å². The number of hydrogen-bond donors (Lipinski definition) is 3. The minimum absolute atomic E-state index is 0.0114. The van der Waals surface area contributed by atoms with Gasteiger partial charge in [0, 0.05) is 12.8 Å². The van der Waals surface area contributed by atoms with Crippen molar-refractivity contribution in [2.24, 2.45) is 0 Å². The van der Waals surface area contributed by atoms with E-state index < -0.39 is 12.1 Å². The first-order valence-electron chi connectivity index (χ1n) is 27.8. The van der Waals surface area contributed by atoms with E-state index in [1.807, 2.05) is 6.08 Å². The van der Waals surface area contributed by atoms with Gasteiger partial charge in [-0.25, -0.2) is 0 Å². The molecule has 0 spiro atoms. The van der Waals surface area contributed by atoms with Crippen molar-refractivity contribution in [2.75, 3.05) is 13.2 Å². The molecule has 2 atom stereocenters. The number of rotatable bonds is 51. The maximum absolute atomic E-state index is 12.4. The predicted octanol–water partition coefficient (Wildman–Crippen LogP) is 16.9. The Labute approximate surface area is 392 Å². The monoisotopic (exact) mass is 886 g/mol. The van der Waals surface area contributed by atoms with Crippen LogP contribution in [0.15, 0.2) is 36.5 Å². The number of amides is 1. The summed E-state index contributed by atoms with van der Waals surface area (Å²) < 4.78 is 5.47. The van der Waals surface area contributed by atoms with Crippen LogP contribution in [0.5, 0.6) is 0 Å². The van der Waals surface area contributed by atoms with Gasteiger partial charge in [-0.3, -0.25) is 9.59 Å². The molecule has 0 saturated heterocycles. The maximum atomic E-state index is 12.4. The van der Waals surface area contributed by atoms with Crippen LogP contribution in [0.3, 0.4) is 0 Å². The van der Waals surface area contributed by atoms with E-state index in [1.54, 1.807) is 6.08 Å². The fourth-order valence-electron chi connectivity index (χ4n) is 8.37. The number of unbranched alkanes of at least 4 members (excludes halogenated alkanes) is 36. The number of aliphatic hydroxyl groups is 2. The third kappa shape index (κ3) is 49.4. The van der Waals surface area contributed by atoms with Crippen molar-refractivity contribution in [1.29, 1.82) is 0 Å². The zero-order chi connectivity index (χ0) is 45.8. The lowest BCUT2D eigenvalue weighted by atomic mass is 10.0. The van der Waals surface area contributed by atoms with Crippen LogP contribution in [0.1, 0.15) is 290 Å².